The van der Waals surface area contributed by atoms with E-state index in [-0.39, 0.29) is 12.4 Å². The zero-order valence-electron chi connectivity index (χ0n) is 16.2. The summed E-state index contributed by atoms with van der Waals surface area (Å²) in [5.41, 5.74) is 4.13. The fraction of sp³-hybridized carbons (Fsp3) is 0.273. The van der Waals surface area contributed by atoms with E-state index in [2.05, 4.69) is 10.1 Å². The van der Waals surface area contributed by atoms with Gasteiger partial charge in [-0.3, -0.25) is 4.90 Å². The SMILES string of the molecule is Cc1ccccc1/C(=N/OCCN1CCC=C(C(=O)O)C1)c1cccc(Cl)c1.Cl. The van der Waals surface area contributed by atoms with E-state index in [9.17, 15) is 4.79 Å². The number of nitrogens with zero attached hydrogens (tertiary/aromatic N) is 2. The highest BCUT2D eigenvalue weighted by Crippen LogP contribution is 2.18. The maximum Gasteiger partial charge on any atom is 0.332 e. The van der Waals surface area contributed by atoms with Gasteiger partial charge in [-0.25, -0.2) is 4.79 Å². The smallest absolute Gasteiger partial charge is 0.332 e. The van der Waals surface area contributed by atoms with E-state index in [1.165, 1.54) is 0 Å². The second-order valence-electron chi connectivity index (χ2n) is 6.70. The molecule has 0 bridgehead atoms. The molecule has 5 nitrogen and oxygen atoms in total. The first-order valence-corrected chi connectivity index (χ1v) is 9.59. The third kappa shape index (κ3) is 6.32. The molecule has 0 saturated heterocycles. The number of carboxylic acid groups (broad SMARTS) is 1. The summed E-state index contributed by atoms with van der Waals surface area (Å²) in [4.78, 5) is 18.8. The molecule has 29 heavy (non-hydrogen) atoms. The second kappa shape index (κ2) is 11.0. The zero-order chi connectivity index (χ0) is 19.9. The Morgan fingerprint density at radius 1 is 1.24 bits per heavy atom. The number of benzene rings is 2. The predicted molar refractivity (Wildman–Crippen MR) is 118 cm³/mol. The van der Waals surface area contributed by atoms with Crippen LogP contribution in [0.25, 0.3) is 0 Å². The maximum absolute atomic E-state index is 11.1. The quantitative estimate of drug-likeness (QED) is 0.394. The number of rotatable bonds is 7. The molecule has 1 aliphatic heterocycles. The molecular weight excluding hydrogens is 411 g/mol. The van der Waals surface area contributed by atoms with Gasteiger partial charge in [-0.1, -0.05) is 59.2 Å². The van der Waals surface area contributed by atoms with Gasteiger partial charge in [-0.05, 0) is 31.0 Å². The van der Waals surface area contributed by atoms with Crippen LogP contribution < -0.4 is 0 Å². The van der Waals surface area contributed by atoms with Crippen LogP contribution >= 0.6 is 24.0 Å². The Hall–Kier alpha value is -2.34. The molecule has 7 heteroatoms. The lowest BCUT2D eigenvalue weighted by molar-refractivity contribution is -0.133. The van der Waals surface area contributed by atoms with Crippen molar-refractivity contribution in [3.63, 3.8) is 0 Å². The Morgan fingerprint density at radius 3 is 2.76 bits per heavy atom. The van der Waals surface area contributed by atoms with Crippen molar-refractivity contribution in [3.8, 4) is 0 Å². The first-order chi connectivity index (χ1) is 13.5. The lowest BCUT2D eigenvalue weighted by Gasteiger charge is -2.24. The Balaban J connectivity index is 0.00000300. The first kappa shape index (κ1) is 22.9. The van der Waals surface area contributed by atoms with Gasteiger partial charge in [0, 0.05) is 41.4 Å². The lowest BCUT2D eigenvalue weighted by atomic mass is 9.98. The number of carboxylic acids is 1. The molecule has 0 atom stereocenters. The Morgan fingerprint density at radius 2 is 2.03 bits per heavy atom. The van der Waals surface area contributed by atoms with Crippen LogP contribution in [0.2, 0.25) is 5.02 Å². The van der Waals surface area contributed by atoms with Gasteiger partial charge in [-0.15, -0.1) is 12.4 Å². The molecule has 0 unspecified atom stereocenters. The largest absolute Gasteiger partial charge is 0.478 e. The normalized spacial score (nSPS) is 14.7. The monoisotopic (exact) mass is 434 g/mol. The molecule has 1 heterocycles. The fourth-order valence-corrected chi connectivity index (χ4v) is 3.35. The molecule has 0 aromatic heterocycles. The summed E-state index contributed by atoms with van der Waals surface area (Å²) in [6.45, 7) is 4.28. The van der Waals surface area contributed by atoms with Gasteiger partial charge in [0.15, 0.2) is 0 Å². The van der Waals surface area contributed by atoms with Crippen LogP contribution in [0.5, 0.6) is 0 Å². The summed E-state index contributed by atoms with van der Waals surface area (Å²) in [6, 6.07) is 15.5. The summed E-state index contributed by atoms with van der Waals surface area (Å²) in [5, 5.41) is 14.2. The number of aliphatic carboxylic acids is 1. The minimum atomic E-state index is -0.855. The summed E-state index contributed by atoms with van der Waals surface area (Å²) in [5.74, 6) is -0.855. The Bertz CT molecular complexity index is 912. The van der Waals surface area contributed by atoms with Crippen LogP contribution in [0.1, 0.15) is 23.1 Å². The predicted octanol–water partition coefficient (Wildman–Crippen LogP) is 4.56. The first-order valence-electron chi connectivity index (χ1n) is 9.21. The van der Waals surface area contributed by atoms with Gasteiger partial charge >= 0.3 is 5.97 Å². The molecule has 0 fully saturated rings. The average Bonchev–Trinajstić information content (AvgIpc) is 2.69. The van der Waals surface area contributed by atoms with Crippen molar-refractivity contribution in [2.75, 3.05) is 26.2 Å². The van der Waals surface area contributed by atoms with Crippen molar-refractivity contribution < 1.29 is 14.7 Å². The van der Waals surface area contributed by atoms with Crippen molar-refractivity contribution in [1.82, 2.24) is 4.90 Å². The molecular formula is C22H24Cl2N2O3. The van der Waals surface area contributed by atoms with E-state index in [0.29, 0.717) is 30.3 Å². The van der Waals surface area contributed by atoms with Crippen LogP contribution in [0, 0.1) is 6.92 Å². The highest BCUT2D eigenvalue weighted by atomic mass is 35.5. The molecule has 2 aromatic rings. The van der Waals surface area contributed by atoms with Gasteiger partial charge < -0.3 is 9.94 Å². The van der Waals surface area contributed by atoms with E-state index in [4.69, 9.17) is 21.5 Å². The van der Waals surface area contributed by atoms with Crippen molar-refractivity contribution in [2.45, 2.75) is 13.3 Å². The van der Waals surface area contributed by atoms with Crippen molar-refractivity contribution in [2.24, 2.45) is 5.16 Å². The van der Waals surface area contributed by atoms with Gasteiger partial charge in [0.25, 0.3) is 0 Å². The van der Waals surface area contributed by atoms with E-state index in [1.54, 1.807) is 6.08 Å². The van der Waals surface area contributed by atoms with Crippen molar-refractivity contribution in [3.05, 3.63) is 81.9 Å². The molecule has 2 aromatic carbocycles. The van der Waals surface area contributed by atoms with Gasteiger partial charge in [0.2, 0.25) is 0 Å². The molecule has 1 aliphatic rings. The fourth-order valence-electron chi connectivity index (χ4n) is 3.16. The van der Waals surface area contributed by atoms with Gasteiger partial charge in [0.1, 0.15) is 12.3 Å². The van der Waals surface area contributed by atoms with E-state index in [1.807, 2.05) is 55.5 Å². The standard InChI is InChI=1S/C22H23ClN2O3.ClH/c1-16-6-2-3-10-20(16)21(17-7-4-9-19(23)14-17)24-28-13-12-25-11-5-8-18(15-25)22(26)27;/h2-4,6-10,14H,5,11-13,15H2,1H3,(H,26,27);1H/b24-21+;. The maximum atomic E-state index is 11.1. The highest BCUT2D eigenvalue weighted by Gasteiger charge is 2.17. The molecule has 0 spiro atoms. The summed E-state index contributed by atoms with van der Waals surface area (Å²) >= 11 is 6.16. The van der Waals surface area contributed by atoms with Crippen molar-refractivity contribution >= 4 is 35.7 Å². The molecule has 0 saturated carbocycles. The summed E-state index contributed by atoms with van der Waals surface area (Å²) in [7, 11) is 0. The van der Waals surface area contributed by atoms with Crippen LogP contribution in [0.4, 0.5) is 0 Å². The Labute approximate surface area is 182 Å². The number of halogens is 2. The second-order valence-corrected chi connectivity index (χ2v) is 7.13. The summed E-state index contributed by atoms with van der Waals surface area (Å²) < 4.78 is 0. The number of oxime groups is 1. The zero-order valence-corrected chi connectivity index (χ0v) is 17.7. The molecule has 0 aliphatic carbocycles. The number of aryl methyl sites for hydroxylation is 1. The van der Waals surface area contributed by atoms with Crippen molar-refractivity contribution in [1.29, 1.82) is 0 Å². The van der Waals surface area contributed by atoms with Crippen LogP contribution in [-0.2, 0) is 9.63 Å². The number of carbonyl (C=O) groups is 1. The molecule has 0 radical (unpaired) electrons. The minimum Gasteiger partial charge on any atom is -0.478 e. The third-order valence-corrected chi connectivity index (χ3v) is 4.89. The number of hydrogen-bond acceptors (Lipinski definition) is 4. The molecule has 0 amide bonds. The topological polar surface area (TPSA) is 62.1 Å². The van der Waals surface area contributed by atoms with Gasteiger partial charge in [-0.2, -0.15) is 0 Å². The number of hydrogen-bond donors (Lipinski definition) is 1. The van der Waals surface area contributed by atoms with Crippen LogP contribution in [-0.4, -0.2) is 47.9 Å². The van der Waals surface area contributed by atoms with Crippen LogP contribution in [0.3, 0.4) is 0 Å². The van der Waals surface area contributed by atoms with Gasteiger partial charge in [0.05, 0.1) is 0 Å². The van der Waals surface area contributed by atoms with E-state index >= 15 is 0 Å². The third-order valence-electron chi connectivity index (χ3n) is 4.66. The lowest BCUT2D eigenvalue weighted by Crippen LogP contribution is -2.34. The molecule has 1 N–H and O–H groups in total. The van der Waals surface area contributed by atoms with E-state index in [0.717, 1.165) is 35.4 Å². The average molecular weight is 435 g/mol. The highest BCUT2D eigenvalue weighted by molar-refractivity contribution is 6.31. The van der Waals surface area contributed by atoms with Crippen LogP contribution in [0.15, 0.2) is 65.3 Å². The van der Waals surface area contributed by atoms with E-state index < -0.39 is 5.97 Å². The summed E-state index contributed by atoms with van der Waals surface area (Å²) in [6.07, 6.45) is 2.52. The molecule has 154 valence electrons. The minimum absolute atomic E-state index is 0. The molecule has 3 rings (SSSR count). The Kier molecular flexibility index (Phi) is 8.70.